The third-order valence-electron chi connectivity index (χ3n) is 3.21. The van der Waals surface area contributed by atoms with Gasteiger partial charge < -0.3 is 10.5 Å². The molecular weight excluding hydrogens is 335 g/mol. The molecule has 0 saturated carbocycles. The zero-order valence-corrected chi connectivity index (χ0v) is 13.7. The molecule has 1 atom stereocenters. The van der Waals surface area contributed by atoms with Crippen LogP contribution in [0, 0.1) is 12.7 Å². The van der Waals surface area contributed by atoms with E-state index in [2.05, 4.69) is 27.8 Å². The number of pyridine rings is 1. The van der Waals surface area contributed by atoms with Crippen molar-refractivity contribution in [3.63, 3.8) is 0 Å². The van der Waals surface area contributed by atoms with E-state index in [4.69, 9.17) is 10.5 Å². The van der Waals surface area contributed by atoms with Gasteiger partial charge in [0.1, 0.15) is 11.6 Å². The Morgan fingerprint density at radius 1 is 1.38 bits per heavy atom. The summed E-state index contributed by atoms with van der Waals surface area (Å²) in [6.45, 7) is 3.97. The second-order valence-corrected chi connectivity index (χ2v) is 5.87. The molecule has 0 aliphatic carbocycles. The maximum absolute atomic E-state index is 13.3. The van der Waals surface area contributed by atoms with Crippen LogP contribution in [0.15, 0.2) is 34.9 Å². The monoisotopic (exact) mass is 352 g/mol. The normalized spacial score (nSPS) is 12.2. The number of aryl methyl sites for hydroxylation is 1. The summed E-state index contributed by atoms with van der Waals surface area (Å²) in [4.78, 5) is 4.31. The lowest BCUT2D eigenvalue weighted by Gasteiger charge is -2.12. The summed E-state index contributed by atoms with van der Waals surface area (Å²) in [5.41, 5.74) is 7.92. The first kappa shape index (κ1) is 15.9. The third-order valence-corrected chi connectivity index (χ3v) is 3.86. The van der Waals surface area contributed by atoms with E-state index in [0.717, 1.165) is 24.0 Å². The van der Waals surface area contributed by atoms with Gasteiger partial charge in [0.05, 0.1) is 4.47 Å². The summed E-state index contributed by atoms with van der Waals surface area (Å²) < 4.78 is 19.6. The lowest BCUT2D eigenvalue weighted by molar-refractivity contribution is 0.450. The number of hydrogen-bond donors (Lipinski definition) is 1. The van der Waals surface area contributed by atoms with Crippen molar-refractivity contribution in [2.24, 2.45) is 5.73 Å². The maximum atomic E-state index is 13.3. The fraction of sp³-hybridized carbons (Fsp3) is 0.312. The number of benzene rings is 1. The lowest BCUT2D eigenvalue weighted by atomic mass is 10.1. The SMILES string of the molecule is CCC(N)Cc1cnc(Oc2cc(F)ccc2Br)c(C)c1. The number of rotatable bonds is 5. The van der Waals surface area contributed by atoms with Crippen molar-refractivity contribution in [3.8, 4) is 11.6 Å². The molecule has 0 aliphatic heterocycles. The Hall–Kier alpha value is -1.46. The van der Waals surface area contributed by atoms with E-state index in [0.29, 0.717) is 16.1 Å². The van der Waals surface area contributed by atoms with Crippen LogP contribution >= 0.6 is 15.9 Å². The first-order valence-electron chi connectivity index (χ1n) is 6.83. The fourth-order valence-electron chi connectivity index (χ4n) is 1.95. The minimum atomic E-state index is -0.351. The standard InChI is InChI=1S/C16H18BrFN2O/c1-3-13(19)7-11-6-10(2)16(20-9-11)21-15-8-12(18)4-5-14(15)17/h4-6,8-9,13H,3,7,19H2,1-2H3. The van der Waals surface area contributed by atoms with Gasteiger partial charge in [-0.3, -0.25) is 0 Å². The quantitative estimate of drug-likeness (QED) is 0.869. The molecule has 1 unspecified atom stereocenters. The van der Waals surface area contributed by atoms with Crippen LogP contribution in [0.3, 0.4) is 0 Å². The molecule has 112 valence electrons. The molecule has 2 N–H and O–H groups in total. The van der Waals surface area contributed by atoms with E-state index >= 15 is 0 Å². The number of halogens is 2. The van der Waals surface area contributed by atoms with E-state index in [9.17, 15) is 4.39 Å². The molecule has 0 bridgehead atoms. The van der Waals surface area contributed by atoms with E-state index in [-0.39, 0.29) is 11.9 Å². The van der Waals surface area contributed by atoms with Gasteiger partial charge in [-0.05, 0) is 59.5 Å². The van der Waals surface area contributed by atoms with Gasteiger partial charge in [-0.25, -0.2) is 9.37 Å². The van der Waals surface area contributed by atoms with Crippen LogP contribution in [0.1, 0.15) is 24.5 Å². The molecule has 21 heavy (non-hydrogen) atoms. The molecule has 0 aliphatic rings. The minimum absolute atomic E-state index is 0.135. The fourth-order valence-corrected chi connectivity index (χ4v) is 2.27. The Balaban J connectivity index is 2.19. The van der Waals surface area contributed by atoms with Crippen molar-refractivity contribution in [3.05, 3.63) is 51.9 Å². The minimum Gasteiger partial charge on any atom is -0.437 e. The second kappa shape index (κ2) is 7.00. The molecule has 0 radical (unpaired) electrons. The van der Waals surface area contributed by atoms with Gasteiger partial charge in [0.25, 0.3) is 0 Å². The van der Waals surface area contributed by atoms with Crippen molar-refractivity contribution in [1.82, 2.24) is 4.98 Å². The number of hydrogen-bond acceptors (Lipinski definition) is 3. The third kappa shape index (κ3) is 4.25. The van der Waals surface area contributed by atoms with Crippen LogP contribution in [0.2, 0.25) is 0 Å². The topological polar surface area (TPSA) is 48.1 Å². The Morgan fingerprint density at radius 3 is 2.81 bits per heavy atom. The Kier molecular flexibility index (Phi) is 5.31. The summed E-state index contributed by atoms with van der Waals surface area (Å²) in [7, 11) is 0. The molecule has 5 heteroatoms. The Morgan fingerprint density at radius 2 is 2.14 bits per heavy atom. The molecule has 0 saturated heterocycles. The van der Waals surface area contributed by atoms with E-state index < -0.39 is 0 Å². The van der Waals surface area contributed by atoms with Crippen LogP contribution in [-0.4, -0.2) is 11.0 Å². The molecule has 0 amide bonds. The Labute approximate surface area is 132 Å². The lowest BCUT2D eigenvalue weighted by Crippen LogP contribution is -2.21. The number of aromatic nitrogens is 1. The van der Waals surface area contributed by atoms with Crippen LogP contribution in [-0.2, 0) is 6.42 Å². The zero-order chi connectivity index (χ0) is 15.4. The molecular formula is C16H18BrFN2O. The smallest absolute Gasteiger partial charge is 0.222 e. The van der Waals surface area contributed by atoms with Gasteiger partial charge in [-0.1, -0.05) is 6.92 Å². The largest absolute Gasteiger partial charge is 0.437 e. The van der Waals surface area contributed by atoms with Gasteiger partial charge in [-0.15, -0.1) is 0 Å². The summed E-state index contributed by atoms with van der Waals surface area (Å²) in [6, 6.07) is 6.44. The van der Waals surface area contributed by atoms with Gasteiger partial charge in [-0.2, -0.15) is 0 Å². The van der Waals surface area contributed by atoms with E-state index in [1.165, 1.54) is 12.1 Å². The molecule has 0 spiro atoms. The molecule has 2 aromatic rings. The summed E-state index contributed by atoms with van der Waals surface area (Å²) in [5.74, 6) is 0.523. The summed E-state index contributed by atoms with van der Waals surface area (Å²) in [6.07, 6.45) is 3.47. The first-order chi connectivity index (χ1) is 9.99. The molecule has 2 rings (SSSR count). The average Bonchev–Trinajstić information content (AvgIpc) is 2.45. The van der Waals surface area contributed by atoms with Crippen molar-refractivity contribution >= 4 is 15.9 Å². The van der Waals surface area contributed by atoms with Gasteiger partial charge in [0.15, 0.2) is 0 Å². The highest BCUT2D eigenvalue weighted by atomic mass is 79.9. The van der Waals surface area contributed by atoms with Crippen molar-refractivity contribution in [1.29, 1.82) is 0 Å². The highest BCUT2D eigenvalue weighted by molar-refractivity contribution is 9.10. The average molecular weight is 353 g/mol. The highest BCUT2D eigenvalue weighted by Gasteiger charge is 2.10. The Bertz CT molecular complexity index is 634. The first-order valence-corrected chi connectivity index (χ1v) is 7.63. The predicted octanol–water partition coefficient (Wildman–Crippen LogP) is 4.36. The predicted molar refractivity (Wildman–Crippen MR) is 85.1 cm³/mol. The van der Waals surface area contributed by atoms with Gasteiger partial charge in [0, 0.05) is 23.9 Å². The van der Waals surface area contributed by atoms with Crippen LogP contribution < -0.4 is 10.5 Å². The highest BCUT2D eigenvalue weighted by Crippen LogP contribution is 2.31. The molecule has 3 nitrogen and oxygen atoms in total. The molecule has 1 aromatic heterocycles. The maximum Gasteiger partial charge on any atom is 0.222 e. The van der Waals surface area contributed by atoms with E-state index in [1.807, 2.05) is 13.0 Å². The van der Waals surface area contributed by atoms with Crippen molar-refractivity contribution in [2.45, 2.75) is 32.7 Å². The molecule has 0 fully saturated rings. The number of nitrogens with two attached hydrogens (primary N) is 1. The van der Waals surface area contributed by atoms with E-state index in [1.54, 1.807) is 12.3 Å². The summed E-state index contributed by atoms with van der Waals surface area (Å²) in [5, 5.41) is 0. The summed E-state index contributed by atoms with van der Waals surface area (Å²) >= 11 is 3.33. The number of ether oxygens (including phenoxy) is 1. The van der Waals surface area contributed by atoms with Crippen molar-refractivity contribution in [2.75, 3.05) is 0 Å². The van der Waals surface area contributed by atoms with Gasteiger partial charge >= 0.3 is 0 Å². The zero-order valence-electron chi connectivity index (χ0n) is 12.1. The van der Waals surface area contributed by atoms with Gasteiger partial charge in [0.2, 0.25) is 5.88 Å². The number of nitrogens with zero attached hydrogens (tertiary/aromatic N) is 1. The van der Waals surface area contributed by atoms with Crippen LogP contribution in [0.4, 0.5) is 4.39 Å². The molecule has 1 heterocycles. The second-order valence-electron chi connectivity index (χ2n) is 5.01. The molecule has 1 aromatic carbocycles. The van der Waals surface area contributed by atoms with Crippen molar-refractivity contribution < 1.29 is 9.13 Å². The van der Waals surface area contributed by atoms with Crippen LogP contribution in [0.25, 0.3) is 0 Å². The van der Waals surface area contributed by atoms with Crippen LogP contribution in [0.5, 0.6) is 11.6 Å².